The number of hydrogen-bond donors (Lipinski definition) is 2. The smallest absolute Gasteiger partial charge is 0.229 e. The van der Waals surface area contributed by atoms with Crippen LogP contribution in [0.4, 0.5) is 11.5 Å². The maximum absolute atomic E-state index is 11.9. The monoisotopic (exact) mass is 355 g/mol. The number of carbonyl (C=O) groups is 2. The van der Waals surface area contributed by atoms with Crippen LogP contribution in [0.25, 0.3) is 5.82 Å². The topological polar surface area (TPSA) is 119 Å². The van der Waals surface area contributed by atoms with Gasteiger partial charge in [-0.05, 0) is 31.7 Å². The summed E-state index contributed by atoms with van der Waals surface area (Å²) in [5, 5.41) is 7.53. The first kappa shape index (κ1) is 16.5. The molecule has 2 aromatic heterocycles. The molecule has 1 saturated heterocycles. The van der Waals surface area contributed by atoms with E-state index in [1.807, 2.05) is 0 Å². The second kappa shape index (κ2) is 6.74. The molecule has 2 fully saturated rings. The molecule has 136 valence electrons. The van der Waals surface area contributed by atoms with Crippen LogP contribution in [-0.2, 0) is 9.59 Å². The Morgan fingerprint density at radius 3 is 2.46 bits per heavy atom. The summed E-state index contributed by atoms with van der Waals surface area (Å²) in [6.45, 7) is 0. The molecule has 2 aromatic rings. The predicted octanol–water partition coefficient (Wildman–Crippen LogP) is 1.12. The molecular weight excluding hydrogens is 334 g/mol. The van der Waals surface area contributed by atoms with Gasteiger partial charge in [-0.15, -0.1) is 0 Å². The summed E-state index contributed by atoms with van der Waals surface area (Å²) in [6, 6.07) is 2.02. The number of carbonyl (C=O) groups excluding carboxylic acids is 2. The van der Waals surface area contributed by atoms with Crippen molar-refractivity contribution in [2.45, 2.75) is 50.6 Å². The average molecular weight is 355 g/mol. The number of imide groups is 1. The maximum atomic E-state index is 11.9. The van der Waals surface area contributed by atoms with Gasteiger partial charge in [-0.3, -0.25) is 14.5 Å². The van der Waals surface area contributed by atoms with E-state index < -0.39 is 0 Å². The van der Waals surface area contributed by atoms with E-state index in [0.29, 0.717) is 30.2 Å². The zero-order valence-corrected chi connectivity index (χ0v) is 14.3. The summed E-state index contributed by atoms with van der Waals surface area (Å²) in [7, 11) is 0. The molecule has 0 bridgehead atoms. The SMILES string of the molecule is Nc1c(NC2CCC(N3C(=O)CCC3=O)CC2)ncnc1-n1cccn1. The minimum absolute atomic E-state index is 0.0259. The number of likely N-dealkylation sites (tertiary alicyclic amines) is 1. The Morgan fingerprint density at radius 2 is 1.81 bits per heavy atom. The van der Waals surface area contributed by atoms with E-state index in [-0.39, 0.29) is 23.9 Å². The molecule has 3 N–H and O–H groups in total. The zero-order valence-electron chi connectivity index (χ0n) is 14.3. The molecule has 9 heteroatoms. The van der Waals surface area contributed by atoms with Crippen LogP contribution in [-0.4, -0.2) is 48.5 Å². The Labute approximate surface area is 150 Å². The van der Waals surface area contributed by atoms with Crippen molar-refractivity contribution in [2.75, 3.05) is 11.1 Å². The minimum Gasteiger partial charge on any atom is -0.393 e. The molecule has 1 aliphatic carbocycles. The van der Waals surface area contributed by atoms with Gasteiger partial charge >= 0.3 is 0 Å². The summed E-state index contributed by atoms with van der Waals surface area (Å²) in [5.74, 6) is 1.06. The Morgan fingerprint density at radius 1 is 1.08 bits per heavy atom. The number of nitrogens with one attached hydrogen (secondary N) is 1. The van der Waals surface area contributed by atoms with Crippen LogP contribution in [0.2, 0.25) is 0 Å². The van der Waals surface area contributed by atoms with Crippen molar-refractivity contribution in [1.29, 1.82) is 0 Å². The Balaban J connectivity index is 1.41. The highest BCUT2D eigenvalue weighted by atomic mass is 16.2. The van der Waals surface area contributed by atoms with E-state index in [0.717, 1.165) is 25.7 Å². The second-order valence-corrected chi connectivity index (χ2v) is 6.72. The normalized spacial score (nSPS) is 23.5. The third kappa shape index (κ3) is 3.00. The summed E-state index contributed by atoms with van der Waals surface area (Å²) in [4.78, 5) is 33.7. The standard InChI is InChI=1S/C17H21N7O2/c18-15-16(19-10-20-17(15)23-9-1-8-21-23)22-11-2-4-12(5-3-11)24-13(25)6-7-14(24)26/h1,8-12H,2-7,18H2,(H,19,20,22). The van der Waals surface area contributed by atoms with Crippen LogP contribution in [0.1, 0.15) is 38.5 Å². The molecule has 26 heavy (non-hydrogen) atoms. The largest absolute Gasteiger partial charge is 0.393 e. The highest BCUT2D eigenvalue weighted by Gasteiger charge is 2.36. The first-order chi connectivity index (χ1) is 12.6. The van der Waals surface area contributed by atoms with Gasteiger partial charge in [-0.2, -0.15) is 5.10 Å². The molecule has 2 aliphatic rings. The van der Waals surface area contributed by atoms with Crippen LogP contribution in [0.5, 0.6) is 0 Å². The van der Waals surface area contributed by atoms with Gasteiger partial charge in [-0.1, -0.05) is 0 Å². The number of anilines is 2. The molecular formula is C17H21N7O2. The van der Waals surface area contributed by atoms with E-state index in [1.165, 1.54) is 11.2 Å². The molecule has 0 spiro atoms. The predicted molar refractivity (Wildman–Crippen MR) is 94.3 cm³/mol. The summed E-state index contributed by atoms with van der Waals surface area (Å²) in [5.41, 5.74) is 6.66. The Hall–Kier alpha value is -2.97. The highest BCUT2D eigenvalue weighted by molar-refractivity contribution is 6.02. The summed E-state index contributed by atoms with van der Waals surface area (Å²) >= 11 is 0. The lowest BCUT2D eigenvalue weighted by atomic mass is 9.90. The third-order valence-electron chi connectivity index (χ3n) is 5.08. The minimum atomic E-state index is -0.0321. The van der Waals surface area contributed by atoms with Crippen molar-refractivity contribution >= 4 is 23.3 Å². The van der Waals surface area contributed by atoms with Crippen molar-refractivity contribution in [3.05, 3.63) is 24.8 Å². The number of nitrogen functional groups attached to an aromatic ring is 1. The zero-order chi connectivity index (χ0) is 18.1. The molecule has 1 saturated carbocycles. The number of amides is 2. The fourth-order valence-electron chi connectivity index (χ4n) is 3.75. The summed E-state index contributed by atoms with van der Waals surface area (Å²) in [6.07, 6.45) is 8.90. The van der Waals surface area contributed by atoms with Crippen LogP contribution < -0.4 is 11.1 Å². The Kier molecular flexibility index (Phi) is 4.27. The van der Waals surface area contributed by atoms with Crippen LogP contribution in [0.15, 0.2) is 24.8 Å². The quantitative estimate of drug-likeness (QED) is 0.789. The number of aromatic nitrogens is 4. The second-order valence-electron chi connectivity index (χ2n) is 6.72. The average Bonchev–Trinajstić information content (AvgIpc) is 3.28. The third-order valence-corrected chi connectivity index (χ3v) is 5.08. The molecule has 2 amide bonds. The number of nitrogens with two attached hydrogens (primary N) is 1. The van der Waals surface area contributed by atoms with Crippen molar-refractivity contribution in [2.24, 2.45) is 0 Å². The van der Waals surface area contributed by atoms with Gasteiger partial charge in [0.15, 0.2) is 11.6 Å². The van der Waals surface area contributed by atoms with E-state index >= 15 is 0 Å². The molecule has 0 atom stereocenters. The van der Waals surface area contributed by atoms with Gasteiger partial charge in [0, 0.05) is 37.3 Å². The number of rotatable bonds is 4. The van der Waals surface area contributed by atoms with Crippen LogP contribution in [0.3, 0.4) is 0 Å². The molecule has 1 aliphatic heterocycles. The Bertz CT molecular complexity index is 797. The fourth-order valence-corrected chi connectivity index (χ4v) is 3.75. The van der Waals surface area contributed by atoms with Crippen LogP contribution >= 0.6 is 0 Å². The van der Waals surface area contributed by atoms with Gasteiger partial charge in [0.1, 0.15) is 12.0 Å². The fraction of sp³-hybridized carbons (Fsp3) is 0.471. The van der Waals surface area contributed by atoms with Crippen molar-refractivity contribution in [1.82, 2.24) is 24.6 Å². The first-order valence-electron chi connectivity index (χ1n) is 8.85. The van der Waals surface area contributed by atoms with Gasteiger partial charge < -0.3 is 11.1 Å². The van der Waals surface area contributed by atoms with Gasteiger partial charge in [-0.25, -0.2) is 14.6 Å². The molecule has 0 unspecified atom stereocenters. The lowest BCUT2D eigenvalue weighted by Gasteiger charge is -2.34. The number of hydrogen-bond acceptors (Lipinski definition) is 7. The highest BCUT2D eigenvalue weighted by Crippen LogP contribution is 2.30. The number of nitrogens with zero attached hydrogens (tertiary/aromatic N) is 5. The van der Waals surface area contributed by atoms with Crippen molar-refractivity contribution in [3.63, 3.8) is 0 Å². The first-order valence-corrected chi connectivity index (χ1v) is 8.85. The molecule has 0 aromatic carbocycles. The lowest BCUT2D eigenvalue weighted by Crippen LogP contribution is -2.43. The van der Waals surface area contributed by atoms with Gasteiger partial charge in [0.2, 0.25) is 11.8 Å². The van der Waals surface area contributed by atoms with E-state index in [1.54, 1.807) is 23.1 Å². The van der Waals surface area contributed by atoms with E-state index in [4.69, 9.17) is 5.73 Å². The molecule has 4 rings (SSSR count). The molecule has 0 radical (unpaired) electrons. The van der Waals surface area contributed by atoms with Gasteiger partial charge in [0.25, 0.3) is 0 Å². The summed E-state index contributed by atoms with van der Waals surface area (Å²) < 4.78 is 1.60. The van der Waals surface area contributed by atoms with E-state index in [2.05, 4.69) is 20.4 Å². The van der Waals surface area contributed by atoms with E-state index in [9.17, 15) is 9.59 Å². The van der Waals surface area contributed by atoms with Crippen molar-refractivity contribution < 1.29 is 9.59 Å². The maximum Gasteiger partial charge on any atom is 0.229 e. The molecule has 3 heterocycles. The van der Waals surface area contributed by atoms with Gasteiger partial charge in [0.05, 0.1) is 0 Å². The lowest BCUT2D eigenvalue weighted by molar-refractivity contribution is -0.141. The van der Waals surface area contributed by atoms with Crippen molar-refractivity contribution in [3.8, 4) is 5.82 Å². The van der Waals surface area contributed by atoms with Crippen LogP contribution in [0, 0.1) is 0 Å². The molecule has 9 nitrogen and oxygen atoms in total.